The van der Waals surface area contributed by atoms with Crippen LogP contribution in [0.5, 0.6) is 0 Å². The minimum Gasteiger partial charge on any atom is -0.481 e. The van der Waals surface area contributed by atoms with Crippen molar-refractivity contribution >= 4 is 23.0 Å². The predicted molar refractivity (Wildman–Crippen MR) is 131 cm³/mol. The van der Waals surface area contributed by atoms with Crippen molar-refractivity contribution in [1.82, 2.24) is 10.3 Å². The summed E-state index contributed by atoms with van der Waals surface area (Å²) in [5.41, 5.74) is 6.69. The number of fused-ring (bicyclic) bond motifs is 4. The molecule has 1 aliphatic carbocycles. The summed E-state index contributed by atoms with van der Waals surface area (Å²) in [6, 6.07) is 24.0. The highest BCUT2D eigenvalue weighted by atomic mass is 16.5. The molecule has 3 aromatic carbocycles. The van der Waals surface area contributed by atoms with Gasteiger partial charge in [0, 0.05) is 35.5 Å². The predicted octanol–water partition coefficient (Wildman–Crippen LogP) is 5.48. The fourth-order valence-electron chi connectivity index (χ4n) is 4.90. The maximum Gasteiger partial charge on any atom is 0.407 e. The molecule has 1 atom stereocenters. The molecule has 0 spiro atoms. The molecule has 5 rings (SSSR count). The SMILES string of the molecule is O=C(O)CC[C@@H](Cc1c[nH]c2ccccc12)NC(=O)OCC1c2ccccc2-c2ccccc21. The molecule has 1 aromatic heterocycles. The van der Waals surface area contributed by atoms with Gasteiger partial charge in [0.2, 0.25) is 0 Å². The van der Waals surface area contributed by atoms with Crippen molar-refractivity contribution in [3.05, 3.63) is 95.7 Å². The zero-order chi connectivity index (χ0) is 23.5. The first-order chi connectivity index (χ1) is 16.6. The molecule has 1 heterocycles. The first kappa shape index (κ1) is 21.8. The van der Waals surface area contributed by atoms with Crippen molar-refractivity contribution in [1.29, 1.82) is 0 Å². The highest BCUT2D eigenvalue weighted by Gasteiger charge is 2.29. The number of para-hydroxylation sites is 1. The molecule has 0 saturated heterocycles. The summed E-state index contributed by atoms with van der Waals surface area (Å²) in [6.45, 7) is 0.221. The first-order valence-corrected chi connectivity index (χ1v) is 11.5. The number of aromatic nitrogens is 1. The summed E-state index contributed by atoms with van der Waals surface area (Å²) in [7, 11) is 0. The normalized spacial score (nSPS) is 13.3. The van der Waals surface area contributed by atoms with Gasteiger partial charge in [-0.05, 0) is 46.7 Å². The number of hydrogen-bond acceptors (Lipinski definition) is 3. The van der Waals surface area contributed by atoms with Gasteiger partial charge in [-0.3, -0.25) is 4.79 Å². The molecule has 6 nitrogen and oxygen atoms in total. The first-order valence-electron chi connectivity index (χ1n) is 11.5. The number of rotatable bonds is 8. The van der Waals surface area contributed by atoms with Crippen LogP contribution < -0.4 is 5.32 Å². The Balaban J connectivity index is 1.28. The van der Waals surface area contributed by atoms with Gasteiger partial charge in [0.25, 0.3) is 0 Å². The molecule has 4 aromatic rings. The van der Waals surface area contributed by atoms with Crippen molar-refractivity contribution in [2.24, 2.45) is 0 Å². The summed E-state index contributed by atoms with van der Waals surface area (Å²) in [5, 5.41) is 13.2. The maximum absolute atomic E-state index is 12.8. The largest absolute Gasteiger partial charge is 0.481 e. The van der Waals surface area contributed by atoms with Gasteiger partial charge in [-0.2, -0.15) is 0 Å². The average molecular weight is 455 g/mol. The summed E-state index contributed by atoms with van der Waals surface area (Å²) in [5.74, 6) is -0.914. The third-order valence-electron chi connectivity index (χ3n) is 6.51. The number of alkyl carbamates (subject to hydrolysis) is 1. The number of H-pyrrole nitrogens is 1. The van der Waals surface area contributed by atoms with Gasteiger partial charge in [0.15, 0.2) is 0 Å². The zero-order valence-electron chi connectivity index (χ0n) is 18.7. The van der Waals surface area contributed by atoms with Crippen LogP contribution in [0.2, 0.25) is 0 Å². The quantitative estimate of drug-likeness (QED) is 0.329. The fourth-order valence-corrected chi connectivity index (χ4v) is 4.90. The Morgan fingerprint density at radius 3 is 2.29 bits per heavy atom. The molecule has 34 heavy (non-hydrogen) atoms. The molecular formula is C28H26N2O4. The summed E-state index contributed by atoms with van der Waals surface area (Å²) < 4.78 is 5.68. The molecular weight excluding hydrogens is 428 g/mol. The lowest BCUT2D eigenvalue weighted by molar-refractivity contribution is -0.137. The number of carboxylic acid groups (broad SMARTS) is 1. The van der Waals surface area contributed by atoms with Crippen molar-refractivity contribution in [3.63, 3.8) is 0 Å². The van der Waals surface area contributed by atoms with Crippen LogP contribution in [0.3, 0.4) is 0 Å². The molecule has 0 aliphatic heterocycles. The Bertz CT molecular complexity index is 1300. The number of hydrogen-bond donors (Lipinski definition) is 3. The van der Waals surface area contributed by atoms with Gasteiger partial charge >= 0.3 is 12.1 Å². The lowest BCUT2D eigenvalue weighted by Crippen LogP contribution is -2.37. The average Bonchev–Trinajstić information content (AvgIpc) is 3.40. The molecule has 6 heteroatoms. The zero-order valence-corrected chi connectivity index (χ0v) is 18.7. The van der Waals surface area contributed by atoms with E-state index < -0.39 is 12.1 Å². The molecule has 0 unspecified atom stereocenters. The van der Waals surface area contributed by atoms with Crippen molar-refractivity contribution in [2.45, 2.75) is 31.2 Å². The Hall–Kier alpha value is -4.06. The molecule has 3 N–H and O–H groups in total. The Labute approximate surface area is 197 Å². The van der Waals surface area contributed by atoms with Crippen molar-refractivity contribution < 1.29 is 19.4 Å². The van der Waals surface area contributed by atoms with Crippen LogP contribution in [0.25, 0.3) is 22.0 Å². The highest BCUT2D eigenvalue weighted by Crippen LogP contribution is 2.44. The van der Waals surface area contributed by atoms with E-state index in [0.29, 0.717) is 12.8 Å². The monoisotopic (exact) mass is 454 g/mol. The number of benzene rings is 3. The Morgan fingerprint density at radius 1 is 0.941 bits per heavy atom. The third-order valence-corrected chi connectivity index (χ3v) is 6.51. The maximum atomic E-state index is 12.8. The van der Waals surface area contributed by atoms with Crippen LogP contribution in [-0.4, -0.2) is 34.8 Å². The number of aromatic amines is 1. The fraction of sp³-hybridized carbons (Fsp3) is 0.214. The summed E-state index contributed by atoms with van der Waals surface area (Å²) in [4.78, 5) is 27.2. The number of aliphatic carboxylic acids is 1. The van der Waals surface area contributed by atoms with Gasteiger partial charge < -0.3 is 20.1 Å². The molecule has 0 bridgehead atoms. The van der Waals surface area contributed by atoms with Gasteiger partial charge in [0.05, 0.1) is 0 Å². The second-order valence-corrected chi connectivity index (χ2v) is 8.66. The highest BCUT2D eigenvalue weighted by molar-refractivity contribution is 5.83. The Morgan fingerprint density at radius 2 is 1.59 bits per heavy atom. The van der Waals surface area contributed by atoms with Crippen molar-refractivity contribution in [2.75, 3.05) is 6.61 Å². The minimum atomic E-state index is -0.890. The second-order valence-electron chi connectivity index (χ2n) is 8.66. The van der Waals surface area contributed by atoms with Crippen LogP contribution in [0.1, 0.15) is 35.4 Å². The molecule has 172 valence electrons. The van der Waals surface area contributed by atoms with E-state index in [4.69, 9.17) is 4.74 Å². The number of amides is 1. The van der Waals surface area contributed by atoms with Gasteiger partial charge in [-0.1, -0.05) is 66.7 Å². The van der Waals surface area contributed by atoms with Gasteiger partial charge in [-0.25, -0.2) is 4.79 Å². The molecule has 1 amide bonds. The van der Waals surface area contributed by atoms with E-state index in [9.17, 15) is 14.7 Å². The second kappa shape index (κ2) is 9.43. The van der Waals surface area contributed by atoms with Crippen LogP contribution in [0.4, 0.5) is 4.79 Å². The number of carboxylic acids is 1. The molecule has 0 radical (unpaired) electrons. The van der Waals surface area contributed by atoms with Crippen LogP contribution in [0.15, 0.2) is 79.0 Å². The molecule has 0 saturated carbocycles. The van der Waals surface area contributed by atoms with E-state index in [1.54, 1.807) is 0 Å². The van der Waals surface area contributed by atoms with Crippen LogP contribution >= 0.6 is 0 Å². The lowest BCUT2D eigenvalue weighted by Gasteiger charge is -2.19. The lowest BCUT2D eigenvalue weighted by atomic mass is 9.98. The number of carbonyl (C=O) groups is 2. The number of nitrogens with one attached hydrogen (secondary N) is 2. The van der Waals surface area contributed by atoms with Crippen LogP contribution in [-0.2, 0) is 16.0 Å². The van der Waals surface area contributed by atoms with Gasteiger partial charge in [0.1, 0.15) is 6.61 Å². The smallest absolute Gasteiger partial charge is 0.407 e. The van der Waals surface area contributed by atoms with Gasteiger partial charge in [-0.15, -0.1) is 0 Å². The van der Waals surface area contributed by atoms with E-state index in [1.165, 1.54) is 11.1 Å². The number of carbonyl (C=O) groups excluding carboxylic acids is 1. The van der Waals surface area contributed by atoms with Crippen LogP contribution in [0, 0.1) is 0 Å². The molecule has 0 fully saturated rings. The summed E-state index contributed by atoms with van der Waals surface area (Å²) >= 11 is 0. The number of ether oxygens (including phenoxy) is 1. The van der Waals surface area contributed by atoms with E-state index in [1.807, 2.05) is 54.7 Å². The topological polar surface area (TPSA) is 91.4 Å². The minimum absolute atomic E-state index is 0.0239. The standard InChI is InChI=1S/C28H26N2O4/c31-27(32)14-13-19(15-18-16-29-26-12-6-5-7-20(18)26)30-28(33)34-17-25-23-10-3-1-8-21(23)22-9-2-4-11-24(22)25/h1-12,16,19,25,29H,13-15,17H2,(H,30,33)(H,31,32)/t19-/m0/s1. The molecule has 1 aliphatic rings. The Kier molecular flexibility index (Phi) is 6.04. The van der Waals surface area contributed by atoms with E-state index in [0.717, 1.165) is 27.6 Å². The van der Waals surface area contributed by atoms with E-state index >= 15 is 0 Å². The third kappa shape index (κ3) is 4.39. The van der Waals surface area contributed by atoms with Crippen molar-refractivity contribution in [3.8, 4) is 11.1 Å². The van der Waals surface area contributed by atoms with E-state index in [2.05, 4.69) is 34.6 Å². The summed E-state index contributed by atoms with van der Waals surface area (Å²) in [6.07, 6.45) is 2.19. The van der Waals surface area contributed by atoms with E-state index in [-0.39, 0.29) is 25.0 Å².